The van der Waals surface area contributed by atoms with Crippen LogP contribution in [-0.4, -0.2) is 29.1 Å². The molecule has 1 aromatic heterocycles. The molecule has 0 amide bonds. The first kappa shape index (κ1) is 21.2. The van der Waals surface area contributed by atoms with Gasteiger partial charge in [-0.3, -0.25) is 4.99 Å². The average molecular weight is 496 g/mol. The molecule has 7 heteroatoms. The van der Waals surface area contributed by atoms with Crippen molar-refractivity contribution in [3.05, 3.63) is 83.4 Å². The third-order valence-electron chi connectivity index (χ3n) is 4.09. The molecule has 0 atom stereocenters. The summed E-state index contributed by atoms with van der Waals surface area (Å²) in [5, 5.41) is 7.49. The highest BCUT2D eigenvalue weighted by Gasteiger charge is 2.05. The van der Waals surface area contributed by atoms with Crippen LogP contribution in [0.25, 0.3) is 5.69 Å². The topological polar surface area (TPSA) is 54.2 Å². The Kier molecular flexibility index (Phi) is 8.60. The Morgan fingerprint density at radius 1 is 1.07 bits per heavy atom. The molecule has 0 aliphatic carbocycles. The van der Waals surface area contributed by atoms with Gasteiger partial charge in [0, 0.05) is 37.6 Å². The number of rotatable bonds is 6. The fourth-order valence-electron chi connectivity index (χ4n) is 2.73. The third-order valence-corrected chi connectivity index (χ3v) is 4.46. The normalized spacial score (nSPS) is 11.0. The maximum absolute atomic E-state index is 6.20. The summed E-state index contributed by atoms with van der Waals surface area (Å²) in [5.74, 6) is 0.762. The Hall–Kier alpha value is -2.06. The number of benzene rings is 2. The molecule has 142 valence electrons. The van der Waals surface area contributed by atoms with Crippen LogP contribution >= 0.6 is 35.6 Å². The lowest BCUT2D eigenvalue weighted by Gasteiger charge is -2.15. The van der Waals surface area contributed by atoms with E-state index in [1.54, 1.807) is 19.6 Å². The van der Waals surface area contributed by atoms with Crippen molar-refractivity contribution in [1.29, 1.82) is 0 Å². The number of nitrogens with zero attached hydrogens (tertiary/aromatic N) is 3. The summed E-state index contributed by atoms with van der Waals surface area (Å²) in [6, 6.07) is 16.1. The van der Waals surface area contributed by atoms with E-state index in [0.717, 1.165) is 35.2 Å². The molecule has 0 saturated carbocycles. The Balaban J connectivity index is 0.00000261. The van der Waals surface area contributed by atoms with Crippen LogP contribution in [0.3, 0.4) is 0 Å². The summed E-state index contributed by atoms with van der Waals surface area (Å²) in [5.41, 5.74) is 3.39. The number of hydrogen-bond donors (Lipinski definition) is 2. The highest BCUT2D eigenvalue weighted by Crippen LogP contribution is 2.15. The predicted octanol–water partition coefficient (Wildman–Crippen LogP) is 4.05. The molecule has 27 heavy (non-hydrogen) atoms. The number of aromatic nitrogens is 2. The van der Waals surface area contributed by atoms with E-state index < -0.39 is 0 Å². The summed E-state index contributed by atoms with van der Waals surface area (Å²) >= 11 is 6.20. The number of imidazole rings is 1. The van der Waals surface area contributed by atoms with Crippen LogP contribution < -0.4 is 10.6 Å². The zero-order chi connectivity index (χ0) is 18.2. The lowest BCUT2D eigenvalue weighted by molar-refractivity contribution is 0.791. The highest BCUT2D eigenvalue weighted by molar-refractivity contribution is 14.0. The molecular weight excluding hydrogens is 473 g/mol. The standard InChI is InChI=1S/C20H22ClN5.HI/c1-22-20(24-11-10-16-6-2-4-8-18(16)21)25-14-17-7-3-5-9-19(17)26-13-12-23-15-26;/h2-9,12-13,15H,10-11,14H2,1H3,(H2,22,24,25);1H. The van der Waals surface area contributed by atoms with Crippen molar-refractivity contribution in [2.24, 2.45) is 4.99 Å². The van der Waals surface area contributed by atoms with Crippen LogP contribution in [0.15, 0.2) is 72.2 Å². The van der Waals surface area contributed by atoms with Crippen molar-refractivity contribution in [2.45, 2.75) is 13.0 Å². The molecule has 0 aliphatic heterocycles. The molecule has 2 aromatic carbocycles. The summed E-state index contributed by atoms with van der Waals surface area (Å²) in [7, 11) is 1.77. The predicted molar refractivity (Wildman–Crippen MR) is 122 cm³/mol. The van der Waals surface area contributed by atoms with Gasteiger partial charge in [-0.05, 0) is 29.7 Å². The van der Waals surface area contributed by atoms with E-state index >= 15 is 0 Å². The Morgan fingerprint density at radius 2 is 1.81 bits per heavy atom. The largest absolute Gasteiger partial charge is 0.356 e. The highest BCUT2D eigenvalue weighted by atomic mass is 127. The van der Waals surface area contributed by atoms with Crippen LogP contribution in [0.2, 0.25) is 5.02 Å². The van der Waals surface area contributed by atoms with E-state index in [9.17, 15) is 0 Å². The molecule has 0 fully saturated rings. The number of hydrogen-bond acceptors (Lipinski definition) is 2. The Labute approximate surface area is 181 Å². The molecule has 1 heterocycles. The van der Waals surface area contributed by atoms with Gasteiger partial charge in [-0.2, -0.15) is 0 Å². The number of halogens is 2. The first-order chi connectivity index (χ1) is 12.8. The minimum atomic E-state index is 0. The summed E-state index contributed by atoms with van der Waals surface area (Å²) < 4.78 is 2.00. The Morgan fingerprint density at radius 3 is 2.52 bits per heavy atom. The molecule has 0 radical (unpaired) electrons. The van der Waals surface area contributed by atoms with Crippen LogP contribution in [0.1, 0.15) is 11.1 Å². The van der Waals surface area contributed by atoms with Crippen molar-refractivity contribution in [3.8, 4) is 5.69 Å². The fraction of sp³-hybridized carbons (Fsp3) is 0.200. The van der Waals surface area contributed by atoms with Gasteiger partial charge >= 0.3 is 0 Å². The van der Waals surface area contributed by atoms with E-state index in [2.05, 4.69) is 32.7 Å². The van der Waals surface area contributed by atoms with E-state index in [0.29, 0.717) is 6.54 Å². The van der Waals surface area contributed by atoms with E-state index in [1.165, 1.54) is 5.56 Å². The summed E-state index contributed by atoms with van der Waals surface area (Å²) in [6.07, 6.45) is 6.36. The molecule has 0 unspecified atom stereocenters. The molecule has 5 nitrogen and oxygen atoms in total. The zero-order valence-corrected chi connectivity index (χ0v) is 18.2. The van der Waals surface area contributed by atoms with Crippen molar-refractivity contribution in [2.75, 3.05) is 13.6 Å². The second-order valence-electron chi connectivity index (χ2n) is 5.79. The number of para-hydroxylation sites is 1. The zero-order valence-electron chi connectivity index (χ0n) is 15.1. The molecule has 2 N–H and O–H groups in total. The van der Waals surface area contributed by atoms with Gasteiger partial charge < -0.3 is 15.2 Å². The molecule has 3 rings (SSSR count). The van der Waals surface area contributed by atoms with Crippen molar-refractivity contribution >= 4 is 41.5 Å². The monoisotopic (exact) mass is 495 g/mol. The van der Waals surface area contributed by atoms with E-state index in [1.807, 2.05) is 47.2 Å². The van der Waals surface area contributed by atoms with Gasteiger partial charge in [-0.1, -0.05) is 48.0 Å². The average Bonchev–Trinajstić information content (AvgIpc) is 3.21. The third kappa shape index (κ3) is 5.97. The van der Waals surface area contributed by atoms with Crippen LogP contribution in [0.4, 0.5) is 0 Å². The summed E-state index contributed by atoms with van der Waals surface area (Å²) in [6.45, 7) is 1.42. The van der Waals surface area contributed by atoms with Gasteiger partial charge in [-0.15, -0.1) is 24.0 Å². The smallest absolute Gasteiger partial charge is 0.191 e. The van der Waals surface area contributed by atoms with Gasteiger partial charge in [0.15, 0.2) is 5.96 Å². The van der Waals surface area contributed by atoms with Crippen molar-refractivity contribution < 1.29 is 0 Å². The lowest BCUT2D eigenvalue weighted by Crippen LogP contribution is -2.38. The van der Waals surface area contributed by atoms with Gasteiger partial charge in [0.05, 0.1) is 12.0 Å². The molecule has 3 aromatic rings. The fourth-order valence-corrected chi connectivity index (χ4v) is 2.96. The molecule has 0 bridgehead atoms. The number of guanidine groups is 1. The number of aliphatic imine (C=N–C) groups is 1. The van der Waals surface area contributed by atoms with Crippen molar-refractivity contribution in [3.63, 3.8) is 0 Å². The van der Waals surface area contributed by atoms with Crippen molar-refractivity contribution in [1.82, 2.24) is 20.2 Å². The van der Waals surface area contributed by atoms with E-state index in [4.69, 9.17) is 11.6 Å². The second-order valence-corrected chi connectivity index (χ2v) is 6.20. The van der Waals surface area contributed by atoms with Gasteiger partial charge in [0.2, 0.25) is 0 Å². The molecular formula is C20H23ClIN5. The first-order valence-corrected chi connectivity index (χ1v) is 8.90. The van der Waals surface area contributed by atoms with Crippen LogP contribution in [0.5, 0.6) is 0 Å². The second kappa shape index (κ2) is 10.9. The van der Waals surface area contributed by atoms with Crippen LogP contribution in [-0.2, 0) is 13.0 Å². The van der Waals surface area contributed by atoms with Gasteiger partial charge in [0.25, 0.3) is 0 Å². The maximum atomic E-state index is 6.20. The maximum Gasteiger partial charge on any atom is 0.191 e. The van der Waals surface area contributed by atoms with E-state index in [-0.39, 0.29) is 24.0 Å². The van der Waals surface area contributed by atoms with Crippen LogP contribution in [0, 0.1) is 0 Å². The molecule has 0 spiro atoms. The van der Waals surface area contributed by atoms with Gasteiger partial charge in [0.1, 0.15) is 0 Å². The quantitative estimate of drug-likeness (QED) is 0.308. The minimum absolute atomic E-state index is 0. The SMILES string of the molecule is CN=C(NCCc1ccccc1Cl)NCc1ccccc1-n1ccnc1.I. The molecule has 0 saturated heterocycles. The molecule has 0 aliphatic rings. The number of nitrogens with one attached hydrogen (secondary N) is 2. The minimum Gasteiger partial charge on any atom is -0.356 e. The summed E-state index contributed by atoms with van der Waals surface area (Å²) in [4.78, 5) is 8.41. The van der Waals surface area contributed by atoms with Gasteiger partial charge in [-0.25, -0.2) is 4.98 Å². The lowest BCUT2D eigenvalue weighted by atomic mass is 10.1. The first-order valence-electron chi connectivity index (χ1n) is 8.52. The Bertz CT molecular complexity index is 864.